The van der Waals surface area contributed by atoms with E-state index in [9.17, 15) is 9.59 Å². The quantitative estimate of drug-likeness (QED) is 0.671. The number of carbonyl (C=O) groups is 2. The number of Topliss-reactive ketones (excluding diaryl/α,β-unsaturated/α-hetero) is 1. The van der Waals surface area contributed by atoms with Gasteiger partial charge in [-0.15, -0.1) is 0 Å². The Hall–Kier alpha value is -1.10. The molecule has 0 bridgehead atoms. The van der Waals surface area contributed by atoms with Crippen LogP contribution < -0.4 is 10.2 Å². The van der Waals surface area contributed by atoms with Crippen LogP contribution in [0, 0.1) is 0 Å². The third-order valence-electron chi connectivity index (χ3n) is 3.13. The fraction of sp³-hybridized carbons (Fsp3) is 0.429. The molecule has 6 heteroatoms. The fourth-order valence-corrected chi connectivity index (χ4v) is 2.69. The zero-order valence-corrected chi connectivity index (χ0v) is 12.9. The van der Waals surface area contributed by atoms with Gasteiger partial charge in [-0.3, -0.25) is 9.59 Å². The first-order valence-corrected chi connectivity index (χ1v) is 7.26. The largest absolute Gasteiger partial charge is 0.314 e. The third kappa shape index (κ3) is 2.82. The minimum absolute atomic E-state index is 0.223. The highest BCUT2D eigenvalue weighted by Gasteiger charge is 2.38. The van der Waals surface area contributed by atoms with Gasteiger partial charge in [0.2, 0.25) is 0 Å². The van der Waals surface area contributed by atoms with Gasteiger partial charge < -0.3 is 10.2 Å². The number of hydrogen-bond acceptors (Lipinski definition) is 3. The van der Waals surface area contributed by atoms with Crippen LogP contribution in [-0.2, 0) is 4.79 Å². The topological polar surface area (TPSA) is 49.4 Å². The van der Waals surface area contributed by atoms with E-state index in [1.807, 2.05) is 0 Å². The van der Waals surface area contributed by atoms with Crippen molar-refractivity contribution in [2.45, 2.75) is 26.3 Å². The highest BCUT2D eigenvalue weighted by molar-refractivity contribution is 6.56. The Morgan fingerprint density at radius 3 is 2.50 bits per heavy atom. The van der Waals surface area contributed by atoms with Gasteiger partial charge in [0.05, 0.1) is 21.3 Å². The summed E-state index contributed by atoms with van der Waals surface area (Å²) < 4.78 is 0. The van der Waals surface area contributed by atoms with E-state index in [1.54, 1.807) is 6.07 Å². The summed E-state index contributed by atoms with van der Waals surface area (Å²) in [5.74, 6) is -1.14. The number of fused-ring (bicyclic) bond motifs is 1. The second kappa shape index (κ2) is 6.12. The second-order valence-electron chi connectivity index (χ2n) is 5.00. The summed E-state index contributed by atoms with van der Waals surface area (Å²) in [7, 11) is 0. The smallest absolute Gasteiger partial charge is 0.299 e. The van der Waals surface area contributed by atoms with Gasteiger partial charge in [0.1, 0.15) is 0 Å². The molecule has 0 aliphatic carbocycles. The molecule has 0 saturated heterocycles. The summed E-state index contributed by atoms with van der Waals surface area (Å²) in [5.41, 5.74) is 0.666. The molecule has 1 N–H and O–H groups in total. The number of benzene rings is 1. The number of amides is 1. The predicted octanol–water partition coefficient (Wildman–Crippen LogP) is 2.91. The van der Waals surface area contributed by atoms with Crippen LogP contribution >= 0.6 is 23.2 Å². The zero-order chi connectivity index (χ0) is 14.9. The molecule has 0 saturated carbocycles. The summed E-state index contributed by atoms with van der Waals surface area (Å²) in [6.07, 6.45) is 0.736. The lowest BCUT2D eigenvalue weighted by molar-refractivity contribution is -0.114. The van der Waals surface area contributed by atoms with E-state index < -0.39 is 11.7 Å². The Bertz CT molecular complexity index is 558. The van der Waals surface area contributed by atoms with Crippen LogP contribution in [0.3, 0.4) is 0 Å². The van der Waals surface area contributed by atoms with Gasteiger partial charge in [0, 0.05) is 12.6 Å². The van der Waals surface area contributed by atoms with Gasteiger partial charge in [-0.2, -0.15) is 0 Å². The van der Waals surface area contributed by atoms with Crippen LogP contribution in [0.2, 0.25) is 10.0 Å². The van der Waals surface area contributed by atoms with Crippen LogP contribution in [0.4, 0.5) is 5.69 Å². The predicted molar refractivity (Wildman–Crippen MR) is 80.9 cm³/mol. The number of nitrogens with zero attached hydrogens (tertiary/aromatic N) is 1. The number of nitrogens with one attached hydrogen (secondary N) is 1. The first-order chi connectivity index (χ1) is 9.43. The minimum Gasteiger partial charge on any atom is -0.314 e. The number of ketones is 1. The maximum absolute atomic E-state index is 12.0. The Labute approximate surface area is 128 Å². The number of rotatable bonds is 5. The number of hydrogen-bond donors (Lipinski definition) is 1. The van der Waals surface area contributed by atoms with Crippen molar-refractivity contribution in [1.82, 2.24) is 5.32 Å². The van der Waals surface area contributed by atoms with Crippen molar-refractivity contribution < 1.29 is 9.59 Å². The maximum atomic E-state index is 12.0. The summed E-state index contributed by atoms with van der Waals surface area (Å²) >= 11 is 12.1. The van der Waals surface area contributed by atoms with Crippen molar-refractivity contribution in [3.8, 4) is 0 Å². The van der Waals surface area contributed by atoms with Crippen molar-refractivity contribution in [3.63, 3.8) is 0 Å². The average Bonchev–Trinajstić information content (AvgIpc) is 2.64. The van der Waals surface area contributed by atoms with E-state index in [-0.39, 0.29) is 10.6 Å². The molecule has 0 aromatic heterocycles. The molecule has 1 aliphatic heterocycles. The lowest BCUT2D eigenvalue weighted by atomic mass is 10.1. The van der Waals surface area contributed by atoms with Crippen LogP contribution in [0.25, 0.3) is 0 Å². The molecule has 2 rings (SSSR count). The molecule has 1 amide bonds. The van der Waals surface area contributed by atoms with E-state index in [0.717, 1.165) is 13.0 Å². The molecule has 1 aliphatic rings. The maximum Gasteiger partial charge on any atom is 0.299 e. The monoisotopic (exact) mass is 314 g/mol. The molecule has 4 nitrogen and oxygen atoms in total. The molecular weight excluding hydrogens is 299 g/mol. The summed E-state index contributed by atoms with van der Waals surface area (Å²) in [4.78, 5) is 25.4. The lowest BCUT2D eigenvalue weighted by Gasteiger charge is -2.18. The van der Waals surface area contributed by atoms with Gasteiger partial charge in [-0.1, -0.05) is 37.0 Å². The summed E-state index contributed by atoms with van der Waals surface area (Å²) in [6.45, 7) is 5.31. The first-order valence-electron chi connectivity index (χ1n) is 6.51. The van der Waals surface area contributed by atoms with Gasteiger partial charge in [0.25, 0.3) is 11.7 Å². The van der Waals surface area contributed by atoms with Crippen LogP contribution in [0.5, 0.6) is 0 Å². The first kappa shape index (κ1) is 15.3. The third-order valence-corrected chi connectivity index (χ3v) is 3.75. The minimum atomic E-state index is -0.579. The summed E-state index contributed by atoms with van der Waals surface area (Å²) in [6, 6.07) is 3.53. The highest BCUT2D eigenvalue weighted by Crippen LogP contribution is 2.39. The van der Waals surface area contributed by atoms with Crippen molar-refractivity contribution in [3.05, 3.63) is 27.7 Å². The fourth-order valence-electron chi connectivity index (χ4n) is 2.19. The molecule has 0 unspecified atom stereocenters. The molecule has 0 fully saturated rings. The Morgan fingerprint density at radius 2 is 1.85 bits per heavy atom. The summed E-state index contributed by atoms with van der Waals surface area (Å²) in [5, 5.41) is 3.91. The van der Waals surface area contributed by atoms with E-state index in [1.165, 1.54) is 11.0 Å². The van der Waals surface area contributed by atoms with Crippen molar-refractivity contribution in [1.29, 1.82) is 0 Å². The van der Waals surface area contributed by atoms with E-state index in [4.69, 9.17) is 23.2 Å². The van der Waals surface area contributed by atoms with Gasteiger partial charge in [-0.25, -0.2) is 0 Å². The molecular formula is C14H16Cl2N2O2. The van der Waals surface area contributed by atoms with Crippen LogP contribution in [-0.4, -0.2) is 30.8 Å². The average molecular weight is 315 g/mol. The zero-order valence-electron chi connectivity index (χ0n) is 11.4. The Balaban J connectivity index is 2.18. The molecule has 20 heavy (non-hydrogen) atoms. The number of carbonyl (C=O) groups excluding carboxylic acids is 2. The van der Waals surface area contributed by atoms with E-state index in [2.05, 4.69) is 19.2 Å². The lowest BCUT2D eigenvalue weighted by Crippen LogP contribution is -2.33. The highest BCUT2D eigenvalue weighted by atomic mass is 35.5. The molecule has 0 radical (unpaired) electrons. The van der Waals surface area contributed by atoms with E-state index in [0.29, 0.717) is 23.3 Å². The normalized spacial score (nSPS) is 14.3. The van der Waals surface area contributed by atoms with Crippen molar-refractivity contribution in [2.24, 2.45) is 0 Å². The van der Waals surface area contributed by atoms with Crippen LogP contribution in [0.15, 0.2) is 12.1 Å². The molecule has 1 aromatic carbocycles. The van der Waals surface area contributed by atoms with Gasteiger partial charge in [0.15, 0.2) is 0 Å². The molecule has 1 heterocycles. The Morgan fingerprint density at radius 1 is 1.20 bits per heavy atom. The standard InChI is InChI=1S/C14H16Cl2N2O2/c1-8(2)17-6-3-7-18-12-10(16)5-4-9(15)11(12)13(19)14(18)20/h4-5,8,17H,3,6-7H2,1-2H3. The molecule has 0 atom stereocenters. The van der Waals surface area contributed by atoms with Gasteiger partial charge >= 0.3 is 0 Å². The number of anilines is 1. The second-order valence-corrected chi connectivity index (χ2v) is 5.82. The molecule has 0 spiro atoms. The van der Waals surface area contributed by atoms with Crippen molar-refractivity contribution >= 4 is 40.6 Å². The van der Waals surface area contributed by atoms with Crippen LogP contribution in [0.1, 0.15) is 30.6 Å². The van der Waals surface area contributed by atoms with Crippen molar-refractivity contribution in [2.75, 3.05) is 18.0 Å². The SMILES string of the molecule is CC(C)NCCCN1C(=O)C(=O)c2c(Cl)ccc(Cl)c21. The number of halogens is 2. The van der Waals surface area contributed by atoms with E-state index >= 15 is 0 Å². The Kier molecular flexibility index (Phi) is 4.68. The van der Waals surface area contributed by atoms with Gasteiger partial charge in [-0.05, 0) is 25.1 Å². The molecule has 1 aromatic rings. The molecule has 108 valence electrons.